The number of aromatic nitrogens is 2. The molecule has 0 spiro atoms. The zero-order valence-corrected chi connectivity index (χ0v) is 24.0. The van der Waals surface area contributed by atoms with Gasteiger partial charge in [0.1, 0.15) is 19.1 Å². The molecule has 202 valence electrons. The fourth-order valence-electron chi connectivity index (χ4n) is 4.44. The van der Waals surface area contributed by atoms with Crippen molar-refractivity contribution in [3.05, 3.63) is 109 Å². The molecule has 0 aliphatic carbocycles. The van der Waals surface area contributed by atoms with Crippen LogP contribution in [0.25, 0.3) is 27.8 Å². The number of para-hydroxylation sites is 1. The normalized spacial score (nSPS) is 13.3. The maximum atomic E-state index is 12.8. The Morgan fingerprint density at radius 3 is 2.33 bits per heavy atom. The van der Waals surface area contributed by atoms with Crippen LogP contribution in [0.2, 0.25) is 0 Å². The molecule has 0 amide bonds. The lowest BCUT2D eigenvalue weighted by atomic mass is 9.84. The third kappa shape index (κ3) is 6.80. The van der Waals surface area contributed by atoms with Crippen LogP contribution in [0.5, 0.6) is 0 Å². The monoisotopic (exact) mass is 522 g/mol. The molecule has 0 saturated carbocycles. The first-order valence-electron chi connectivity index (χ1n) is 13.6. The molecule has 1 aromatic heterocycles. The highest BCUT2D eigenvalue weighted by Crippen LogP contribution is 2.37. The van der Waals surface area contributed by atoms with Gasteiger partial charge in [0.2, 0.25) is 0 Å². The van der Waals surface area contributed by atoms with Gasteiger partial charge in [-0.1, -0.05) is 88.9 Å². The van der Waals surface area contributed by atoms with Gasteiger partial charge in [-0.3, -0.25) is 4.57 Å². The van der Waals surface area contributed by atoms with E-state index in [1.807, 2.05) is 64.6 Å². The Balaban J connectivity index is 0.00000205. The third-order valence-corrected chi connectivity index (χ3v) is 6.91. The molecule has 0 bridgehead atoms. The Hall–Kier alpha value is -4.25. The molecule has 1 heterocycles. The van der Waals surface area contributed by atoms with Gasteiger partial charge in [-0.2, -0.15) is 4.58 Å². The van der Waals surface area contributed by atoms with Gasteiger partial charge >= 0.3 is 5.97 Å². The quantitative estimate of drug-likeness (QED) is 0.0741. The zero-order valence-electron chi connectivity index (χ0n) is 24.0. The number of ether oxygens (including phenoxy) is 1. The molecule has 5 nitrogen and oxygen atoms in total. The molecule has 1 unspecified atom stereocenters. The minimum absolute atomic E-state index is 0.0740. The number of fused-ring (bicyclic) bond motifs is 1. The first kappa shape index (κ1) is 29.3. The van der Waals surface area contributed by atoms with Crippen molar-refractivity contribution in [2.75, 3.05) is 13.7 Å². The summed E-state index contributed by atoms with van der Waals surface area (Å²) in [5.74, 6) is 0.706. The molecular weight excluding hydrogens is 482 g/mol. The first-order chi connectivity index (χ1) is 18.9. The predicted octanol–water partition coefficient (Wildman–Crippen LogP) is 7.80. The van der Waals surface area contributed by atoms with E-state index in [1.165, 1.54) is 10.9 Å². The molecule has 2 atom stereocenters. The number of allylic oxidation sites excluding steroid dienone is 2. The van der Waals surface area contributed by atoms with Gasteiger partial charge in [-0.15, -0.1) is 0 Å². The van der Waals surface area contributed by atoms with E-state index in [1.54, 1.807) is 16.7 Å². The first-order valence-corrected chi connectivity index (χ1v) is 13.6. The van der Waals surface area contributed by atoms with E-state index in [-0.39, 0.29) is 17.8 Å². The molecule has 0 N–H and O–H groups in total. The zero-order chi connectivity index (χ0) is 28.4. The van der Waals surface area contributed by atoms with Crippen molar-refractivity contribution in [3.63, 3.8) is 0 Å². The van der Waals surface area contributed by atoms with Crippen LogP contribution in [-0.4, -0.2) is 40.0 Å². The van der Waals surface area contributed by atoms with Crippen LogP contribution in [0.4, 0.5) is 0 Å². The molecular formula is C34H40N3O2+. The highest BCUT2D eigenvalue weighted by Gasteiger charge is 2.25. The molecule has 5 heteroatoms. The van der Waals surface area contributed by atoms with Crippen molar-refractivity contribution in [1.29, 1.82) is 0 Å². The summed E-state index contributed by atoms with van der Waals surface area (Å²) in [6.07, 6.45) is 8.92. The molecule has 3 aromatic carbocycles. The minimum atomic E-state index is -0.363. The average Bonchev–Trinajstić information content (AvgIpc) is 3.48. The van der Waals surface area contributed by atoms with E-state index in [9.17, 15) is 4.79 Å². The number of hydrogen-bond donors (Lipinski definition) is 0. The van der Waals surface area contributed by atoms with Crippen molar-refractivity contribution < 1.29 is 14.1 Å². The SMILES string of the molecule is C=C/C=C(/C(=O)OC[C@@H](C)C(C)c1cc2ccccc2cc1-c1nccn1-c1ccccc1)[N+](C)=CC.CC. The van der Waals surface area contributed by atoms with Crippen LogP contribution in [0.15, 0.2) is 104 Å². The Labute approximate surface area is 232 Å². The molecule has 4 aromatic rings. The lowest BCUT2D eigenvalue weighted by Gasteiger charge is -2.24. The lowest BCUT2D eigenvalue weighted by molar-refractivity contribution is -0.435. The van der Waals surface area contributed by atoms with E-state index >= 15 is 0 Å². The maximum absolute atomic E-state index is 12.8. The summed E-state index contributed by atoms with van der Waals surface area (Å²) in [5.41, 5.74) is 3.76. The fourth-order valence-corrected chi connectivity index (χ4v) is 4.44. The largest absolute Gasteiger partial charge is 0.457 e. The molecule has 39 heavy (non-hydrogen) atoms. The van der Waals surface area contributed by atoms with Crippen molar-refractivity contribution in [1.82, 2.24) is 9.55 Å². The number of esters is 1. The summed E-state index contributed by atoms with van der Waals surface area (Å²) in [4.78, 5) is 17.6. The molecule has 0 aliphatic rings. The van der Waals surface area contributed by atoms with E-state index < -0.39 is 0 Å². The van der Waals surface area contributed by atoms with E-state index in [2.05, 4.69) is 73.5 Å². The average molecular weight is 523 g/mol. The number of hydrogen-bond acceptors (Lipinski definition) is 3. The van der Waals surface area contributed by atoms with Crippen LogP contribution < -0.4 is 0 Å². The molecule has 0 fully saturated rings. The van der Waals surface area contributed by atoms with Crippen molar-refractivity contribution in [3.8, 4) is 17.1 Å². The standard InChI is InChI=1S/C32H34N3O2.C2H6/c1-6-13-30(34(5)7-2)32(36)37-22-23(3)24(4)28-20-25-14-11-12-15-26(25)21-29(28)31-33-18-19-35(31)27-16-9-8-10-17-27;1-2/h6-21,23-24H,1,22H2,2-5H3;1-2H3/q+1;/b30-13-,34-7?;/t23-,24?;/m1./s1. The third-order valence-electron chi connectivity index (χ3n) is 6.91. The van der Waals surface area contributed by atoms with Crippen molar-refractivity contribution >= 4 is 23.0 Å². The van der Waals surface area contributed by atoms with Gasteiger partial charge in [0.05, 0.1) is 6.61 Å². The Kier molecular flexibility index (Phi) is 10.6. The van der Waals surface area contributed by atoms with Crippen molar-refractivity contribution in [2.24, 2.45) is 5.92 Å². The molecule has 0 radical (unpaired) electrons. The van der Waals surface area contributed by atoms with Crippen LogP contribution >= 0.6 is 0 Å². The summed E-state index contributed by atoms with van der Waals surface area (Å²) in [7, 11) is 1.82. The van der Waals surface area contributed by atoms with Crippen LogP contribution in [0, 0.1) is 5.92 Å². The second-order valence-electron chi connectivity index (χ2n) is 9.26. The summed E-state index contributed by atoms with van der Waals surface area (Å²) >= 11 is 0. The van der Waals surface area contributed by atoms with E-state index in [0.29, 0.717) is 12.3 Å². The maximum Gasteiger partial charge on any atom is 0.403 e. The van der Waals surface area contributed by atoms with Crippen LogP contribution in [-0.2, 0) is 9.53 Å². The van der Waals surface area contributed by atoms with Gasteiger partial charge in [0.25, 0.3) is 5.70 Å². The summed E-state index contributed by atoms with van der Waals surface area (Å²) < 4.78 is 9.62. The summed E-state index contributed by atoms with van der Waals surface area (Å²) in [6, 6.07) is 23.1. The smallest absolute Gasteiger partial charge is 0.403 e. The number of nitrogens with zero attached hydrogens (tertiary/aromatic N) is 3. The fraction of sp³-hybridized carbons (Fsp3) is 0.265. The second kappa shape index (κ2) is 14.1. The lowest BCUT2D eigenvalue weighted by Crippen LogP contribution is -2.22. The van der Waals surface area contributed by atoms with Gasteiger partial charge in [0.15, 0.2) is 0 Å². The number of rotatable bonds is 9. The predicted molar refractivity (Wildman–Crippen MR) is 163 cm³/mol. The van der Waals surface area contributed by atoms with Gasteiger partial charge in [0, 0.05) is 36.6 Å². The minimum Gasteiger partial charge on any atom is -0.457 e. The highest BCUT2D eigenvalue weighted by atomic mass is 16.5. The number of benzene rings is 3. The van der Waals surface area contributed by atoms with Crippen molar-refractivity contribution in [2.45, 2.75) is 40.5 Å². The Morgan fingerprint density at radius 2 is 1.69 bits per heavy atom. The Bertz CT molecular complexity index is 1460. The summed E-state index contributed by atoms with van der Waals surface area (Å²) in [5, 5.41) is 2.33. The Morgan fingerprint density at radius 1 is 1.05 bits per heavy atom. The second-order valence-corrected chi connectivity index (χ2v) is 9.26. The van der Waals surface area contributed by atoms with Crippen LogP contribution in [0.3, 0.4) is 0 Å². The van der Waals surface area contributed by atoms with Crippen LogP contribution in [0.1, 0.15) is 46.1 Å². The number of carbonyl (C=O) groups excluding carboxylic acids is 1. The van der Waals surface area contributed by atoms with Gasteiger partial charge in [-0.05, 0) is 46.4 Å². The number of carbonyl (C=O) groups is 1. The number of imidazole rings is 1. The van der Waals surface area contributed by atoms with Gasteiger partial charge in [-0.25, -0.2) is 9.78 Å². The molecule has 0 saturated heterocycles. The summed E-state index contributed by atoms with van der Waals surface area (Å²) in [6.45, 7) is 14.2. The topological polar surface area (TPSA) is 47.1 Å². The van der Waals surface area contributed by atoms with E-state index in [4.69, 9.17) is 9.72 Å². The molecule has 4 rings (SSSR count). The number of likely N-dealkylation sites (N-methyl/N-ethyl adjacent to an activating group) is 1. The molecule has 0 aliphatic heterocycles. The van der Waals surface area contributed by atoms with E-state index in [0.717, 1.165) is 22.5 Å². The highest BCUT2D eigenvalue weighted by molar-refractivity contribution is 5.89. The van der Waals surface area contributed by atoms with Gasteiger partial charge < -0.3 is 4.74 Å².